The zero-order valence-electron chi connectivity index (χ0n) is 15.8. The maximum absolute atomic E-state index is 13.5. The molecule has 1 saturated heterocycles. The number of amides is 2. The largest absolute Gasteiger partial charge is 0.326 e. The van der Waals surface area contributed by atoms with Crippen molar-refractivity contribution in [2.24, 2.45) is 5.41 Å². The van der Waals surface area contributed by atoms with E-state index in [1.165, 1.54) is 4.90 Å². The Kier molecular flexibility index (Phi) is 5.71. The molecule has 27 heavy (non-hydrogen) atoms. The molecule has 2 amide bonds. The minimum absolute atomic E-state index is 0.0170. The zero-order valence-corrected chi connectivity index (χ0v) is 15.8. The van der Waals surface area contributed by atoms with Crippen molar-refractivity contribution in [3.63, 3.8) is 0 Å². The van der Waals surface area contributed by atoms with E-state index in [2.05, 4.69) is 10.6 Å². The van der Waals surface area contributed by atoms with E-state index in [9.17, 15) is 18.4 Å². The molecule has 2 N–H and O–H groups in total. The summed E-state index contributed by atoms with van der Waals surface area (Å²) in [5.41, 5.74) is -0.691. The summed E-state index contributed by atoms with van der Waals surface area (Å²) in [4.78, 5) is 26.3. The van der Waals surface area contributed by atoms with Crippen LogP contribution in [0.4, 0.5) is 8.78 Å². The fourth-order valence-electron chi connectivity index (χ4n) is 4.74. The highest BCUT2D eigenvalue weighted by Crippen LogP contribution is 2.52. The van der Waals surface area contributed by atoms with Gasteiger partial charge in [0.1, 0.15) is 12.2 Å². The lowest BCUT2D eigenvalue weighted by atomic mass is 9.57. The molecule has 1 heterocycles. The van der Waals surface area contributed by atoms with Crippen LogP contribution in [0, 0.1) is 16.7 Å². The smallest absolute Gasteiger partial charge is 0.237 e. The molecular weight excluding hydrogens is 354 g/mol. The number of nitriles is 1. The van der Waals surface area contributed by atoms with Gasteiger partial charge in [-0.1, -0.05) is 6.92 Å². The number of rotatable bonds is 6. The quantitative estimate of drug-likeness (QED) is 0.688. The molecule has 6 nitrogen and oxygen atoms in total. The third-order valence-corrected chi connectivity index (χ3v) is 6.71. The lowest BCUT2D eigenvalue weighted by Gasteiger charge is -2.53. The number of nitrogens with zero attached hydrogens (tertiary/aromatic N) is 2. The lowest BCUT2D eigenvalue weighted by molar-refractivity contribution is -0.141. The van der Waals surface area contributed by atoms with Crippen LogP contribution in [0.15, 0.2) is 0 Å². The van der Waals surface area contributed by atoms with Crippen molar-refractivity contribution < 1.29 is 18.4 Å². The molecule has 4 rings (SSSR count). The van der Waals surface area contributed by atoms with Crippen LogP contribution in [-0.2, 0) is 9.59 Å². The van der Waals surface area contributed by atoms with Crippen molar-refractivity contribution in [1.82, 2.24) is 15.5 Å². The first-order valence-corrected chi connectivity index (χ1v) is 9.86. The Balaban J connectivity index is 1.53. The molecule has 4 fully saturated rings. The predicted molar refractivity (Wildman–Crippen MR) is 94.8 cm³/mol. The highest BCUT2D eigenvalue weighted by molar-refractivity contribution is 5.83. The molecule has 3 atom stereocenters. The Morgan fingerprint density at radius 2 is 1.89 bits per heavy atom. The van der Waals surface area contributed by atoms with Crippen molar-refractivity contribution >= 4 is 11.8 Å². The van der Waals surface area contributed by atoms with Crippen LogP contribution in [0.5, 0.6) is 0 Å². The molecule has 8 heteroatoms. The summed E-state index contributed by atoms with van der Waals surface area (Å²) >= 11 is 0. The van der Waals surface area contributed by atoms with Crippen molar-refractivity contribution in [3.05, 3.63) is 0 Å². The minimum Gasteiger partial charge on any atom is -0.326 e. The second-order valence-corrected chi connectivity index (χ2v) is 8.29. The summed E-state index contributed by atoms with van der Waals surface area (Å²) in [5.74, 6) is -0.441. The Hall–Kier alpha value is -1.75. The summed E-state index contributed by atoms with van der Waals surface area (Å²) in [6, 6.07) is 1.31. The number of hydrogen-bond donors (Lipinski definition) is 2. The molecule has 3 saturated carbocycles. The maximum Gasteiger partial charge on any atom is 0.237 e. The molecule has 3 aliphatic carbocycles. The van der Waals surface area contributed by atoms with E-state index in [-0.39, 0.29) is 43.3 Å². The van der Waals surface area contributed by atoms with Crippen LogP contribution in [0.2, 0.25) is 0 Å². The van der Waals surface area contributed by atoms with E-state index in [0.29, 0.717) is 19.3 Å². The third-order valence-electron chi connectivity index (χ3n) is 6.71. The second kappa shape index (κ2) is 7.70. The molecule has 0 spiro atoms. The molecule has 1 aliphatic heterocycles. The summed E-state index contributed by atoms with van der Waals surface area (Å²) in [7, 11) is 0. The predicted octanol–water partition coefficient (Wildman–Crippen LogP) is 1.95. The van der Waals surface area contributed by atoms with Crippen LogP contribution in [0.3, 0.4) is 0 Å². The van der Waals surface area contributed by atoms with Crippen LogP contribution in [0.25, 0.3) is 0 Å². The molecule has 0 aromatic heterocycles. The summed E-state index contributed by atoms with van der Waals surface area (Å²) in [6.07, 6.45) is 2.19. The number of carbonyl (C=O) groups is 2. The summed E-state index contributed by atoms with van der Waals surface area (Å²) in [6.45, 7) is 1.75. The van der Waals surface area contributed by atoms with Gasteiger partial charge in [0.05, 0.1) is 19.2 Å². The Morgan fingerprint density at radius 1 is 1.26 bits per heavy atom. The van der Waals surface area contributed by atoms with Gasteiger partial charge < -0.3 is 15.5 Å². The van der Waals surface area contributed by atoms with Gasteiger partial charge in [-0.05, 0) is 44.9 Å². The number of nitrogens with one attached hydrogen (secondary N) is 2. The molecule has 0 aromatic rings. The van der Waals surface area contributed by atoms with Crippen molar-refractivity contribution in [2.45, 2.75) is 82.3 Å². The van der Waals surface area contributed by atoms with Gasteiger partial charge in [-0.3, -0.25) is 9.59 Å². The van der Waals surface area contributed by atoms with Gasteiger partial charge in [0, 0.05) is 17.4 Å². The molecule has 0 radical (unpaired) electrons. The van der Waals surface area contributed by atoms with E-state index >= 15 is 0 Å². The topological polar surface area (TPSA) is 85.2 Å². The maximum atomic E-state index is 13.5. The Morgan fingerprint density at radius 3 is 2.44 bits per heavy atom. The molecule has 2 bridgehead atoms. The fraction of sp³-hybridized carbons (Fsp3) is 0.842. The highest BCUT2D eigenvalue weighted by Gasteiger charge is 2.52. The van der Waals surface area contributed by atoms with Gasteiger partial charge in [-0.15, -0.1) is 0 Å². The second-order valence-electron chi connectivity index (χ2n) is 8.29. The fourth-order valence-corrected chi connectivity index (χ4v) is 4.74. The van der Waals surface area contributed by atoms with E-state index in [1.807, 2.05) is 6.07 Å². The first-order valence-electron chi connectivity index (χ1n) is 9.86. The SMILES string of the molecule is CCC(F)NC(=O)C12CCC(NCC(=O)N3C[C@@H](F)C[C@H]3C#N)(CC1)CC2. The van der Waals surface area contributed by atoms with Gasteiger partial charge in [0.25, 0.3) is 0 Å². The van der Waals surface area contributed by atoms with Gasteiger partial charge in [0.2, 0.25) is 11.8 Å². The number of carbonyl (C=O) groups excluding carboxylic acids is 2. The first kappa shape index (κ1) is 20.0. The number of hydrogen-bond acceptors (Lipinski definition) is 4. The van der Waals surface area contributed by atoms with Crippen LogP contribution < -0.4 is 10.6 Å². The normalized spacial score (nSPS) is 36.3. The van der Waals surface area contributed by atoms with Crippen LogP contribution in [-0.4, -0.2) is 53.9 Å². The molecular formula is C19H28F2N4O2. The first-order chi connectivity index (χ1) is 12.8. The van der Waals surface area contributed by atoms with E-state index in [1.54, 1.807) is 6.92 Å². The molecule has 4 aliphatic rings. The Labute approximate surface area is 158 Å². The van der Waals surface area contributed by atoms with E-state index in [0.717, 1.165) is 19.3 Å². The van der Waals surface area contributed by atoms with Crippen molar-refractivity contribution in [3.8, 4) is 6.07 Å². The standard InChI is InChI=1S/C19H28F2N4O2/c1-2-15(21)24-17(27)18-3-6-19(7-4-18,8-5-18)23-11-16(26)25-12-13(20)9-14(25)10-22/h13-15,23H,2-9,11-12H2,1H3,(H,24,27)/t13-,14-,15?,18?,19?/m0/s1. The number of likely N-dealkylation sites (tertiary alicyclic amines) is 1. The van der Waals surface area contributed by atoms with Crippen LogP contribution >= 0.6 is 0 Å². The molecule has 1 unspecified atom stereocenters. The van der Waals surface area contributed by atoms with Gasteiger partial charge >= 0.3 is 0 Å². The monoisotopic (exact) mass is 382 g/mol. The van der Waals surface area contributed by atoms with Crippen LogP contribution in [0.1, 0.15) is 58.3 Å². The van der Waals surface area contributed by atoms with Gasteiger partial charge in [-0.25, -0.2) is 8.78 Å². The number of halogens is 2. The molecule has 0 aromatic carbocycles. The lowest BCUT2D eigenvalue weighted by Crippen LogP contribution is -2.60. The van der Waals surface area contributed by atoms with E-state index < -0.39 is 23.9 Å². The third kappa shape index (κ3) is 3.93. The van der Waals surface area contributed by atoms with Gasteiger partial charge in [0.15, 0.2) is 6.30 Å². The average Bonchev–Trinajstić information content (AvgIpc) is 3.08. The zero-order chi connectivity index (χ0) is 19.7. The minimum atomic E-state index is -1.30. The Bertz CT molecular complexity index is 611. The number of alkyl halides is 2. The van der Waals surface area contributed by atoms with Crippen molar-refractivity contribution in [2.75, 3.05) is 13.1 Å². The highest BCUT2D eigenvalue weighted by atomic mass is 19.1. The summed E-state index contributed by atoms with van der Waals surface area (Å²) < 4.78 is 27.1. The molecule has 150 valence electrons. The van der Waals surface area contributed by atoms with E-state index in [4.69, 9.17) is 5.26 Å². The number of fused-ring (bicyclic) bond motifs is 3. The average molecular weight is 382 g/mol. The van der Waals surface area contributed by atoms with Gasteiger partial charge in [-0.2, -0.15) is 5.26 Å². The van der Waals surface area contributed by atoms with Crippen molar-refractivity contribution in [1.29, 1.82) is 5.26 Å². The summed E-state index contributed by atoms with van der Waals surface area (Å²) in [5, 5.41) is 14.9.